The molecule has 0 aliphatic carbocycles. The van der Waals surface area contributed by atoms with Crippen molar-refractivity contribution in [1.82, 2.24) is 4.90 Å². The average molecular weight is 455 g/mol. The number of imide groups is 1. The summed E-state index contributed by atoms with van der Waals surface area (Å²) in [7, 11) is 0. The van der Waals surface area contributed by atoms with Gasteiger partial charge in [-0.3, -0.25) is 14.5 Å². The Hall–Kier alpha value is -1.87. The van der Waals surface area contributed by atoms with E-state index in [2.05, 4.69) is 0 Å². The predicted molar refractivity (Wildman–Crippen MR) is 98.7 cm³/mol. The summed E-state index contributed by atoms with van der Waals surface area (Å²) in [6, 6.07) is 10.6. The van der Waals surface area contributed by atoms with Crippen LogP contribution in [0.2, 0.25) is 0 Å². The van der Waals surface area contributed by atoms with Crippen LogP contribution in [0.1, 0.15) is 11.1 Å². The van der Waals surface area contributed by atoms with E-state index in [-0.39, 0.29) is 29.3 Å². The van der Waals surface area contributed by atoms with E-state index in [1.165, 1.54) is 18.2 Å². The molecule has 1 aliphatic heterocycles. The van der Waals surface area contributed by atoms with Crippen LogP contribution < -0.4 is 0 Å². The van der Waals surface area contributed by atoms with Gasteiger partial charge in [0.2, 0.25) is 0 Å². The number of thioether (sulfide) groups is 1. The van der Waals surface area contributed by atoms with E-state index >= 15 is 0 Å². The van der Waals surface area contributed by atoms with Crippen molar-refractivity contribution in [3.63, 3.8) is 0 Å². The van der Waals surface area contributed by atoms with Crippen LogP contribution in [0.5, 0.6) is 5.75 Å². The smallest absolute Gasteiger partial charge is 0.293 e. The zero-order valence-electron chi connectivity index (χ0n) is 12.2. The highest BCUT2D eigenvalue weighted by Crippen LogP contribution is 2.34. The number of carbonyl (C=O) groups excluding carboxylic acids is 2. The van der Waals surface area contributed by atoms with Crippen LogP contribution in [0.4, 0.5) is 9.18 Å². The SMILES string of the molecule is O=C1S/C(=C\c2ccc(O)c(I)c2)C(=O)N1Cc1ccc(F)cc1. The topological polar surface area (TPSA) is 57.6 Å². The van der Waals surface area contributed by atoms with Crippen molar-refractivity contribution < 1.29 is 19.1 Å². The van der Waals surface area contributed by atoms with Gasteiger partial charge in [0.25, 0.3) is 11.1 Å². The Labute approximate surface area is 155 Å². The van der Waals surface area contributed by atoms with Crippen LogP contribution in [0.3, 0.4) is 0 Å². The van der Waals surface area contributed by atoms with Crippen LogP contribution >= 0.6 is 34.4 Å². The summed E-state index contributed by atoms with van der Waals surface area (Å²) in [5.74, 6) is -0.579. The van der Waals surface area contributed by atoms with Gasteiger partial charge in [0.1, 0.15) is 11.6 Å². The molecular weight excluding hydrogens is 444 g/mol. The lowest BCUT2D eigenvalue weighted by molar-refractivity contribution is -0.123. The van der Waals surface area contributed by atoms with E-state index in [9.17, 15) is 19.1 Å². The first kappa shape index (κ1) is 17.0. The average Bonchev–Trinajstić information content (AvgIpc) is 2.80. The van der Waals surface area contributed by atoms with Crippen LogP contribution in [0.15, 0.2) is 47.4 Å². The Morgan fingerprint density at radius 2 is 1.88 bits per heavy atom. The normalized spacial score (nSPS) is 16.2. The highest BCUT2D eigenvalue weighted by atomic mass is 127. The van der Waals surface area contributed by atoms with E-state index in [1.54, 1.807) is 30.3 Å². The number of benzene rings is 2. The Balaban J connectivity index is 1.81. The van der Waals surface area contributed by atoms with E-state index in [1.807, 2.05) is 22.6 Å². The maximum atomic E-state index is 12.9. The van der Waals surface area contributed by atoms with Crippen LogP contribution in [-0.2, 0) is 11.3 Å². The number of halogens is 2. The van der Waals surface area contributed by atoms with Crippen molar-refractivity contribution in [3.8, 4) is 5.75 Å². The van der Waals surface area contributed by atoms with Gasteiger partial charge < -0.3 is 5.11 Å². The van der Waals surface area contributed by atoms with Gasteiger partial charge in [0, 0.05) is 0 Å². The fraction of sp³-hybridized carbons (Fsp3) is 0.0588. The second-order valence-electron chi connectivity index (χ2n) is 5.11. The van der Waals surface area contributed by atoms with Gasteiger partial charge >= 0.3 is 0 Å². The van der Waals surface area contributed by atoms with Gasteiger partial charge in [-0.2, -0.15) is 0 Å². The molecule has 1 saturated heterocycles. The van der Waals surface area contributed by atoms with Gasteiger partial charge in [0.15, 0.2) is 0 Å². The van der Waals surface area contributed by atoms with E-state index in [4.69, 9.17) is 0 Å². The lowest BCUT2D eigenvalue weighted by Crippen LogP contribution is -2.27. The molecule has 4 nitrogen and oxygen atoms in total. The molecule has 0 unspecified atom stereocenters. The quantitative estimate of drug-likeness (QED) is 0.552. The molecule has 1 heterocycles. The zero-order chi connectivity index (χ0) is 17.3. The Kier molecular flexibility index (Phi) is 4.91. The number of nitrogens with zero attached hydrogens (tertiary/aromatic N) is 1. The third-order valence-electron chi connectivity index (χ3n) is 3.40. The minimum atomic E-state index is -0.377. The van der Waals surface area contributed by atoms with Gasteiger partial charge in [-0.05, 0) is 75.8 Å². The van der Waals surface area contributed by atoms with Crippen molar-refractivity contribution in [3.05, 3.63) is 67.9 Å². The highest BCUT2D eigenvalue weighted by molar-refractivity contribution is 14.1. The zero-order valence-corrected chi connectivity index (χ0v) is 15.2. The minimum absolute atomic E-state index is 0.107. The molecule has 122 valence electrons. The summed E-state index contributed by atoms with van der Waals surface area (Å²) in [4.78, 5) is 26.0. The van der Waals surface area contributed by atoms with Gasteiger partial charge in [0.05, 0.1) is 15.0 Å². The molecule has 0 spiro atoms. The van der Waals surface area contributed by atoms with E-state index in [0.29, 0.717) is 14.0 Å². The first-order chi connectivity index (χ1) is 11.4. The molecular formula is C17H11FINO3S. The summed E-state index contributed by atoms with van der Waals surface area (Å²) in [5, 5.41) is 9.18. The van der Waals surface area contributed by atoms with Crippen LogP contribution in [0.25, 0.3) is 6.08 Å². The summed E-state index contributed by atoms with van der Waals surface area (Å²) in [6.45, 7) is 0.107. The molecule has 0 aromatic heterocycles. The molecule has 1 fully saturated rings. The first-order valence-corrected chi connectivity index (χ1v) is 8.82. The molecule has 2 aromatic rings. The monoisotopic (exact) mass is 455 g/mol. The van der Waals surface area contributed by atoms with Gasteiger partial charge in [-0.1, -0.05) is 18.2 Å². The first-order valence-electron chi connectivity index (χ1n) is 6.92. The van der Waals surface area contributed by atoms with Gasteiger partial charge in [-0.25, -0.2) is 4.39 Å². The van der Waals surface area contributed by atoms with E-state index in [0.717, 1.165) is 22.2 Å². The van der Waals surface area contributed by atoms with Crippen molar-refractivity contribution in [2.75, 3.05) is 0 Å². The second kappa shape index (κ2) is 6.94. The van der Waals surface area contributed by atoms with Gasteiger partial charge in [-0.15, -0.1) is 0 Å². The number of phenols is 1. The third kappa shape index (κ3) is 3.62. The molecule has 1 aliphatic rings. The molecule has 7 heteroatoms. The van der Waals surface area contributed by atoms with Crippen molar-refractivity contribution in [2.45, 2.75) is 6.54 Å². The van der Waals surface area contributed by atoms with E-state index < -0.39 is 0 Å². The summed E-state index contributed by atoms with van der Waals surface area (Å²) in [5.41, 5.74) is 1.41. The Morgan fingerprint density at radius 1 is 1.17 bits per heavy atom. The van der Waals surface area contributed by atoms with Crippen molar-refractivity contribution in [2.24, 2.45) is 0 Å². The summed E-state index contributed by atoms with van der Waals surface area (Å²) < 4.78 is 13.6. The van der Waals surface area contributed by atoms with Crippen LogP contribution in [-0.4, -0.2) is 21.2 Å². The number of aromatic hydroxyl groups is 1. The number of carbonyl (C=O) groups is 2. The largest absolute Gasteiger partial charge is 0.507 e. The number of rotatable bonds is 3. The predicted octanol–water partition coefficient (Wildman–Crippen LogP) is 4.37. The fourth-order valence-electron chi connectivity index (χ4n) is 2.17. The fourth-order valence-corrected chi connectivity index (χ4v) is 3.55. The second-order valence-corrected chi connectivity index (χ2v) is 7.26. The molecule has 2 amide bonds. The third-order valence-corrected chi connectivity index (χ3v) is 5.17. The standard InChI is InChI=1S/C17H11FINO3S/c18-12-4-1-10(2-5-12)9-20-16(22)15(24-17(20)23)8-11-3-6-14(21)13(19)7-11/h1-8,21H,9H2/b15-8-. The number of hydrogen-bond acceptors (Lipinski definition) is 4. The molecule has 0 radical (unpaired) electrons. The molecule has 0 atom stereocenters. The molecule has 3 rings (SSSR count). The Bertz CT molecular complexity index is 851. The highest BCUT2D eigenvalue weighted by Gasteiger charge is 2.34. The molecule has 2 aromatic carbocycles. The number of amides is 2. The molecule has 1 N–H and O–H groups in total. The van der Waals surface area contributed by atoms with Crippen molar-refractivity contribution >= 4 is 51.6 Å². The lowest BCUT2D eigenvalue weighted by Gasteiger charge is -2.12. The lowest BCUT2D eigenvalue weighted by atomic mass is 10.2. The molecule has 0 bridgehead atoms. The molecule has 24 heavy (non-hydrogen) atoms. The maximum Gasteiger partial charge on any atom is 0.293 e. The summed E-state index contributed by atoms with van der Waals surface area (Å²) >= 11 is 2.86. The molecule has 0 saturated carbocycles. The van der Waals surface area contributed by atoms with Crippen molar-refractivity contribution in [1.29, 1.82) is 0 Å². The number of phenolic OH excluding ortho intramolecular Hbond substituents is 1. The number of hydrogen-bond donors (Lipinski definition) is 1. The minimum Gasteiger partial charge on any atom is -0.507 e. The maximum absolute atomic E-state index is 12.9. The summed E-state index contributed by atoms with van der Waals surface area (Å²) in [6.07, 6.45) is 1.62. The van der Waals surface area contributed by atoms with Crippen LogP contribution in [0, 0.1) is 9.39 Å². The Morgan fingerprint density at radius 3 is 2.54 bits per heavy atom.